The smallest absolute Gasteiger partial charge is 0.328 e. The van der Waals surface area contributed by atoms with Crippen molar-refractivity contribution in [3.05, 3.63) is 41.0 Å². The minimum absolute atomic E-state index is 0.0810. The first-order chi connectivity index (χ1) is 9.89. The molecular weight excluding hydrogens is 266 g/mol. The predicted molar refractivity (Wildman–Crippen MR) is 82.2 cm³/mol. The maximum absolute atomic E-state index is 12.5. The number of aryl methyl sites for hydroxylation is 1. The fraction of sp³-hybridized carbons (Fsp3) is 0.412. The van der Waals surface area contributed by atoms with Gasteiger partial charge >= 0.3 is 5.97 Å². The number of hydrogen-bond donors (Lipinski definition) is 2. The highest BCUT2D eigenvalue weighted by atomic mass is 16.4. The van der Waals surface area contributed by atoms with Gasteiger partial charge in [-0.05, 0) is 50.0 Å². The minimum atomic E-state index is -1.000. The molecule has 1 aliphatic rings. The van der Waals surface area contributed by atoms with Crippen LogP contribution in [-0.2, 0) is 4.79 Å². The average molecular weight is 287 g/mol. The summed E-state index contributed by atoms with van der Waals surface area (Å²) in [5.41, 5.74) is 2.10. The quantitative estimate of drug-likeness (QED) is 0.836. The molecule has 1 amide bonds. The summed E-state index contributed by atoms with van der Waals surface area (Å²) < 4.78 is 0. The topological polar surface area (TPSA) is 66.4 Å². The monoisotopic (exact) mass is 287 g/mol. The second-order valence-corrected chi connectivity index (χ2v) is 5.97. The number of carbonyl (C=O) groups excluding carboxylic acids is 1. The number of carboxylic acids is 1. The summed E-state index contributed by atoms with van der Waals surface area (Å²) in [5.74, 6) is -1.08. The maximum Gasteiger partial charge on any atom is 0.328 e. The number of amides is 1. The van der Waals surface area contributed by atoms with Gasteiger partial charge in [0, 0.05) is 17.2 Å². The van der Waals surface area contributed by atoms with Crippen LogP contribution in [0, 0.1) is 6.92 Å². The summed E-state index contributed by atoms with van der Waals surface area (Å²) >= 11 is 0. The fourth-order valence-electron chi connectivity index (χ4n) is 2.78. The lowest BCUT2D eigenvalue weighted by molar-refractivity contribution is -0.131. The third-order valence-electron chi connectivity index (χ3n) is 4.05. The van der Waals surface area contributed by atoms with Crippen molar-refractivity contribution < 1.29 is 14.7 Å². The van der Waals surface area contributed by atoms with E-state index in [-0.39, 0.29) is 11.4 Å². The lowest BCUT2D eigenvalue weighted by Gasteiger charge is -2.25. The SMILES string of the molecule is Cc1ccc(C=CC(=O)O)cc1C(=O)NC1(C)CCCC1. The molecule has 0 aliphatic heterocycles. The Bertz CT molecular complexity index is 584. The van der Waals surface area contributed by atoms with Gasteiger partial charge in [-0.2, -0.15) is 0 Å². The second-order valence-electron chi connectivity index (χ2n) is 5.97. The molecule has 0 aromatic heterocycles. The van der Waals surface area contributed by atoms with Gasteiger partial charge in [0.25, 0.3) is 5.91 Å². The van der Waals surface area contributed by atoms with E-state index in [0.29, 0.717) is 11.1 Å². The van der Waals surface area contributed by atoms with Crippen LogP contribution in [-0.4, -0.2) is 22.5 Å². The van der Waals surface area contributed by atoms with Crippen molar-refractivity contribution in [2.24, 2.45) is 0 Å². The van der Waals surface area contributed by atoms with Crippen molar-refractivity contribution in [2.75, 3.05) is 0 Å². The first-order valence-electron chi connectivity index (χ1n) is 7.24. The molecule has 0 spiro atoms. The molecule has 2 rings (SSSR count). The molecule has 4 heteroatoms. The molecule has 1 aromatic rings. The molecule has 0 heterocycles. The number of benzene rings is 1. The van der Waals surface area contributed by atoms with Gasteiger partial charge < -0.3 is 10.4 Å². The van der Waals surface area contributed by atoms with Gasteiger partial charge in [0.05, 0.1) is 0 Å². The molecule has 1 aliphatic carbocycles. The molecule has 21 heavy (non-hydrogen) atoms. The zero-order chi connectivity index (χ0) is 15.5. The van der Waals surface area contributed by atoms with E-state index in [9.17, 15) is 9.59 Å². The molecule has 1 aromatic carbocycles. The van der Waals surface area contributed by atoms with E-state index >= 15 is 0 Å². The van der Waals surface area contributed by atoms with E-state index in [1.165, 1.54) is 6.08 Å². The third-order valence-corrected chi connectivity index (χ3v) is 4.05. The molecule has 112 valence electrons. The Labute approximate surface area is 124 Å². The lowest BCUT2D eigenvalue weighted by atomic mass is 9.98. The molecular formula is C17H21NO3. The number of aliphatic carboxylic acids is 1. The van der Waals surface area contributed by atoms with Crippen LogP contribution in [0.2, 0.25) is 0 Å². The fourth-order valence-corrected chi connectivity index (χ4v) is 2.78. The van der Waals surface area contributed by atoms with Crippen LogP contribution in [0.15, 0.2) is 24.3 Å². The summed E-state index contributed by atoms with van der Waals surface area (Å²) in [5, 5.41) is 11.8. The van der Waals surface area contributed by atoms with Crippen LogP contribution in [0.25, 0.3) is 6.08 Å². The van der Waals surface area contributed by atoms with E-state index in [4.69, 9.17) is 5.11 Å². The Hall–Kier alpha value is -2.10. The first kappa shape index (κ1) is 15.3. The first-order valence-corrected chi connectivity index (χ1v) is 7.24. The molecule has 0 radical (unpaired) electrons. The Kier molecular flexibility index (Phi) is 4.46. The second kappa shape index (κ2) is 6.12. The Morgan fingerprint density at radius 3 is 2.57 bits per heavy atom. The summed E-state index contributed by atoms with van der Waals surface area (Å²) in [6.07, 6.45) is 6.89. The zero-order valence-electron chi connectivity index (χ0n) is 12.5. The van der Waals surface area contributed by atoms with Gasteiger partial charge in [0.1, 0.15) is 0 Å². The van der Waals surface area contributed by atoms with Gasteiger partial charge in [0.15, 0.2) is 0 Å². The molecule has 4 nitrogen and oxygen atoms in total. The maximum atomic E-state index is 12.5. The van der Waals surface area contributed by atoms with Gasteiger partial charge in [-0.1, -0.05) is 25.0 Å². The van der Waals surface area contributed by atoms with Crippen LogP contribution >= 0.6 is 0 Å². The predicted octanol–water partition coefficient (Wildman–Crippen LogP) is 3.16. The molecule has 0 saturated heterocycles. The number of carbonyl (C=O) groups is 2. The molecule has 0 atom stereocenters. The van der Waals surface area contributed by atoms with Crippen LogP contribution < -0.4 is 5.32 Å². The lowest BCUT2D eigenvalue weighted by Crippen LogP contribution is -2.43. The Morgan fingerprint density at radius 1 is 1.29 bits per heavy atom. The summed E-state index contributed by atoms with van der Waals surface area (Å²) in [4.78, 5) is 23.0. The molecule has 0 unspecified atom stereocenters. The summed E-state index contributed by atoms with van der Waals surface area (Å²) in [7, 11) is 0. The number of nitrogens with one attached hydrogen (secondary N) is 1. The normalized spacial score (nSPS) is 17.0. The van der Waals surface area contributed by atoms with E-state index in [1.807, 2.05) is 19.1 Å². The number of carboxylic acid groups (broad SMARTS) is 1. The Balaban J connectivity index is 2.19. The summed E-state index contributed by atoms with van der Waals surface area (Å²) in [6, 6.07) is 5.39. The molecule has 1 saturated carbocycles. The van der Waals surface area contributed by atoms with Crippen molar-refractivity contribution >= 4 is 18.0 Å². The van der Waals surface area contributed by atoms with E-state index in [1.54, 1.807) is 6.07 Å². The highest BCUT2D eigenvalue weighted by Gasteiger charge is 2.30. The van der Waals surface area contributed by atoms with Gasteiger partial charge in [0.2, 0.25) is 0 Å². The van der Waals surface area contributed by atoms with Crippen molar-refractivity contribution in [3.8, 4) is 0 Å². The van der Waals surface area contributed by atoms with Crippen molar-refractivity contribution in [2.45, 2.75) is 45.1 Å². The van der Waals surface area contributed by atoms with Gasteiger partial charge in [-0.3, -0.25) is 4.79 Å². The van der Waals surface area contributed by atoms with Gasteiger partial charge in [-0.25, -0.2) is 4.79 Å². The van der Waals surface area contributed by atoms with E-state index in [2.05, 4.69) is 12.2 Å². The molecule has 1 fully saturated rings. The molecule has 2 N–H and O–H groups in total. The van der Waals surface area contributed by atoms with Gasteiger partial charge in [-0.15, -0.1) is 0 Å². The van der Waals surface area contributed by atoms with E-state index in [0.717, 1.165) is 37.3 Å². The average Bonchev–Trinajstić information content (AvgIpc) is 2.84. The van der Waals surface area contributed by atoms with Crippen molar-refractivity contribution in [1.29, 1.82) is 0 Å². The number of rotatable bonds is 4. The van der Waals surface area contributed by atoms with Crippen molar-refractivity contribution in [3.63, 3.8) is 0 Å². The minimum Gasteiger partial charge on any atom is -0.478 e. The van der Waals surface area contributed by atoms with Crippen LogP contribution in [0.4, 0.5) is 0 Å². The summed E-state index contributed by atoms with van der Waals surface area (Å²) in [6.45, 7) is 3.97. The Morgan fingerprint density at radius 2 is 1.95 bits per heavy atom. The van der Waals surface area contributed by atoms with Crippen LogP contribution in [0.3, 0.4) is 0 Å². The largest absolute Gasteiger partial charge is 0.478 e. The van der Waals surface area contributed by atoms with Crippen LogP contribution in [0.1, 0.15) is 54.1 Å². The van der Waals surface area contributed by atoms with Crippen LogP contribution in [0.5, 0.6) is 0 Å². The third kappa shape index (κ3) is 3.94. The molecule has 0 bridgehead atoms. The zero-order valence-corrected chi connectivity index (χ0v) is 12.5. The van der Waals surface area contributed by atoms with Crippen molar-refractivity contribution in [1.82, 2.24) is 5.32 Å². The highest BCUT2D eigenvalue weighted by Crippen LogP contribution is 2.29. The number of hydrogen-bond acceptors (Lipinski definition) is 2. The standard InChI is InChI=1S/C17H21NO3/c1-12-5-6-13(7-8-15(19)20)11-14(12)16(21)18-17(2)9-3-4-10-17/h5-8,11H,3-4,9-10H2,1-2H3,(H,18,21)(H,19,20). The van der Waals surface area contributed by atoms with E-state index < -0.39 is 5.97 Å². The highest BCUT2D eigenvalue weighted by molar-refractivity contribution is 5.97.